The lowest BCUT2D eigenvalue weighted by Gasteiger charge is -2.22. The topological polar surface area (TPSA) is 46.6 Å². The number of benzene rings is 1. The molecule has 1 unspecified atom stereocenters. The van der Waals surface area contributed by atoms with Crippen molar-refractivity contribution < 1.29 is 14.3 Å². The molecule has 4 nitrogen and oxygen atoms in total. The first-order chi connectivity index (χ1) is 8.63. The van der Waals surface area contributed by atoms with Crippen molar-refractivity contribution in [2.24, 2.45) is 0 Å². The average Bonchev–Trinajstić information content (AvgIpc) is 2.86. The Labute approximate surface area is 107 Å². The van der Waals surface area contributed by atoms with Gasteiger partial charge < -0.3 is 9.64 Å². The minimum atomic E-state index is -0.428. The molecular formula is C14H17NO3. The Bertz CT molecular complexity index is 470. The lowest BCUT2D eigenvalue weighted by atomic mass is 10.1. The van der Waals surface area contributed by atoms with Crippen LogP contribution in [0.5, 0.6) is 0 Å². The first-order valence-corrected chi connectivity index (χ1v) is 6.09. The number of esters is 1. The number of rotatable bonds is 2. The molecule has 0 saturated carbocycles. The zero-order valence-corrected chi connectivity index (χ0v) is 10.7. The highest BCUT2D eigenvalue weighted by Gasteiger charge is 2.35. The summed E-state index contributed by atoms with van der Waals surface area (Å²) in [5.74, 6) is -0.417. The Morgan fingerprint density at radius 2 is 2.17 bits per heavy atom. The van der Waals surface area contributed by atoms with E-state index in [2.05, 4.69) is 0 Å². The van der Waals surface area contributed by atoms with Crippen molar-refractivity contribution in [1.82, 2.24) is 4.90 Å². The molecule has 1 saturated heterocycles. The van der Waals surface area contributed by atoms with Crippen molar-refractivity contribution in [2.45, 2.75) is 25.8 Å². The molecule has 2 rings (SSSR count). The number of hydrogen-bond donors (Lipinski definition) is 0. The number of nitrogens with zero attached hydrogens (tertiary/aromatic N) is 1. The molecule has 0 radical (unpaired) electrons. The van der Waals surface area contributed by atoms with E-state index in [0.717, 1.165) is 12.0 Å². The summed E-state index contributed by atoms with van der Waals surface area (Å²) in [6.45, 7) is 2.56. The second-order valence-electron chi connectivity index (χ2n) is 4.55. The van der Waals surface area contributed by atoms with Crippen molar-refractivity contribution in [2.75, 3.05) is 13.7 Å². The van der Waals surface area contributed by atoms with E-state index in [1.165, 1.54) is 7.11 Å². The molecule has 0 aliphatic carbocycles. The van der Waals surface area contributed by atoms with Crippen LogP contribution in [0.15, 0.2) is 24.3 Å². The van der Waals surface area contributed by atoms with Crippen LogP contribution < -0.4 is 0 Å². The highest BCUT2D eigenvalue weighted by Crippen LogP contribution is 2.21. The van der Waals surface area contributed by atoms with Crippen LogP contribution in [0.2, 0.25) is 0 Å². The Morgan fingerprint density at radius 3 is 2.83 bits per heavy atom. The van der Waals surface area contributed by atoms with Crippen LogP contribution in [-0.4, -0.2) is 36.5 Å². The number of amides is 1. The second-order valence-corrected chi connectivity index (χ2v) is 4.55. The number of carbonyl (C=O) groups is 2. The van der Waals surface area contributed by atoms with Gasteiger partial charge in [-0.05, 0) is 31.9 Å². The predicted molar refractivity (Wildman–Crippen MR) is 67.3 cm³/mol. The minimum Gasteiger partial charge on any atom is -0.467 e. The molecule has 1 heterocycles. The summed E-state index contributed by atoms with van der Waals surface area (Å²) in [5, 5.41) is 0. The molecular weight excluding hydrogens is 230 g/mol. The molecule has 18 heavy (non-hydrogen) atoms. The number of aryl methyl sites for hydroxylation is 1. The van der Waals surface area contributed by atoms with Crippen LogP contribution in [0, 0.1) is 6.92 Å². The smallest absolute Gasteiger partial charge is 0.328 e. The highest BCUT2D eigenvalue weighted by atomic mass is 16.5. The Balaban J connectivity index is 2.20. The van der Waals surface area contributed by atoms with Crippen LogP contribution in [0.1, 0.15) is 28.8 Å². The van der Waals surface area contributed by atoms with E-state index in [0.29, 0.717) is 18.5 Å². The quantitative estimate of drug-likeness (QED) is 0.748. The zero-order valence-electron chi connectivity index (χ0n) is 10.7. The fourth-order valence-electron chi connectivity index (χ4n) is 2.33. The van der Waals surface area contributed by atoms with Gasteiger partial charge in [0, 0.05) is 12.1 Å². The molecule has 0 spiro atoms. The van der Waals surface area contributed by atoms with Crippen molar-refractivity contribution in [1.29, 1.82) is 0 Å². The molecule has 1 aliphatic rings. The van der Waals surface area contributed by atoms with Crippen LogP contribution in [-0.2, 0) is 9.53 Å². The van der Waals surface area contributed by atoms with Crippen molar-refractivity contribution >= 4 is 11.9 Å². The summed E-state index contributed by atoms with van der Waals surface area (Å²) >= 11 is 0. The van der Waals surface area contributed by atoms with E-state index < -0.39 is 6.04 Å². The van der Waals surface area contributed by atoms with Crippen molar-refractivity contribution in [3.63, 3.8) is 0 Å². The molecule has 1 aromatic rings. The third-order valence-electron chi connectivity index (χ3n) is 3.25. The molecule has 0 N–H and O–H groups in total. The molecule has 4 heteroatoms. The number of ether oxygens (including phenoxy) is 1. The summed E-state index contributed by atoms with van der Waals surface area (Å²) in [7, 11) is 1.36. The third kappa shape index (κ3) is 2.37. The largest absolute Gasteiger partial charge is 0.467 e. The fraction of sp³-hybridized carbons (Fsp3) is 0.429. The summed E-state index contributed by atoms with van der Waals surface area (Å²) in [4.78, 5) is 25.6. The third-order valence-corrected chi connectivity index (χ3v) is 3.25. The monoisotopic (exact) mass is 247 g/mol. The van der Waals surface area contributed by atoms with Crippen LogP contribution >= 0.6 is 0 Å². The van der Waals surface area contributed by atoms with Gasteiger partial charge in [0.2, 0.25) is 0 Å². The van der Waals surface area contributed by atoms with Gasteiger partial charge in [-0.15, -0.1) is 0 Å². The number of hydrogen-bond acceptors (Lipinski definition) is 3. The standard InChI is InChI=1S/C14H17NO3/c1-10-5-3-6-11(9-10)13(16)15-8-4-7-12(15)14(17)18-2/h3,5-6,9,12H,4,7-8H2,1-2H3. The van der Waals surface area contributed by atoms with E-state index >= 15 is 0 Å². The lowest BCUT2D eigenvalue weighted by molar-refractivity contribution is -0.145. The first kappa shape index (κ1) is 12.6. The van der Waals surface area contributed by atoms with Gasteiger partial charge in [0.15, 0.2) is 0 Å². The molecule has 0 aromatic heterocycles. The maximum Gasteiger partial charge on any atom is 0.328 e. The Morgan fingerprint density at radius 1 is 1.39 bits per heavy atom. The molecule has 1 aromatic carbocycles. The van der Waals surface area contributed by atoms with Gasteiger partial charge in [-0.1, -0.05) is 17.7 Å². The maximum atomic E-state index is 12.3. The Hall–Kier alpha value is -1.84. The Kier molecular flexibility index (Phi) is 3.65. The normalized spacial score (nSPS) is 18.8. The summed E-state index contributed by atoms with van der Waals surface area (Å²) in [6.07, 6.45) is 1.53. The van der Waals surface area contributed by atoms with E-state index in [-0.39, 0.29) is 11.9 Å². The lowest BCUT2D eigenvalue weighted by Crippen LogP contribution is -2.41. The molecule has 96 valence electrons. The average molecular weight is 247 g/mol. The van der Waals surface area contributed by atoms with Gasteiger partial charge in [0.1, 0.15) is 6.04 Å². The molecule has 1 amide bonds. The number of carbonyl (C=O) groups excluding carboxylic acids is 2. The molecule has 1 atom stereocenters. The summed E-state index contributed by atoms with van der Waals surface area (Å²) < 4.78 is 4.74. The van der Waals surface area contributed by atoms with Crippen molar-refractivity contribution in [3.8, 4) is 0 Å². The van der Waals surface area contributed by atoms with E-state index in [9.17, 15) is 9.59 Å². The fourth-order valence-corrected chi connectivity index (χ4v) is 2.33. The van der Waals surface area contributed by atoms with Gasteiger partial charge >= 0.3 is 5.97 Å². The SMILES string of the molecule is COC(=O)C1CCCN1C(=O)c1cccc(C)c1. The number of likely N-dealkylation sites (tertiary alicyclic amines) is 1. The summed E-state index contributed by atoms with van der Waals surface area (Å²) in [5.41, 5.74) is 1.67. The molecule has 0 bridgehead atoms. The van der Waals surface area contributed by atoms with Gasteiger partial charge in [-0.3, -0.25) is 4.79 Å². The van der Waals surface area contributed by atoms with Gasteiger partial charge in [0.25, 0.3) is 5.91 Å². The molecule has 1 aliphatic heterocycles. The number of methoxy groups -OCH3 is 1. The van der Waals surface area contributed by atoms with E-state index in [1.54, 1.807) is 11.0 Å². The zero-order chi connectivity index (χ0) is 13.1. The summed E-state index contributed by atoms with van der Waals surface area (Å²) in [6, 6.07) is 6.99. The minimum absolute atomic E-state index is 0.0911. The highest BCUT2D eigenvalue weighted by molar-refractivity contribution is 5.97. The van der Waals surface area contributed by atoms with Gasteiger partial charge in [-0.25, -0.2) is 4.79 Å². The van der Waals surface area contributed by atoms with E-state index in [4.69, 9.17) is 4.74 Å². The van der Waals surface area contributed by atoms with Gasteiger partial charge in [-0.2, -0.15) is 0 Å². The molecule has 1 fully saturated rings. The first-order valence-electron chi connectivity index (χ1n) is 6.09. The predicted octanol–water partition coefficient (Wildman–Crippen LogP) is 1.77. The van der Waals surface area contributed by atoms with Gasteiger partial charge in [0.05, 0.1) is 7.11 Å². The maximum absolute atomic E-state index is 12.3. The van der Waals surface area contributed by atoms with Crippen LogP contribution in [0.25, 0.3) is 0 Å². The van der Waals surface area contributed by atoms with Crippen molar-refractivity contribution in [3.05, 3.63) is 35.4 Å². The van der Waals surface area contributed by atoms with Crippen LogP contribution in [0.4, 0.5) is 0 Å². The van der Waals surface area contributed by atoms with E-state index in [1.807, 2.05) is 25.1 Å². The van der Waals surface area contributed by atoms with Crippen LogP contribution in [0.3, 0.4) is 0 Å². The second kappa shape index (κ2) is 5.21.